The molecule has 0 aromatic heterocycles. The van der Waals surface area contributed by atoms with Gasteiger partial charge in [-0.2, -0.15) is 0 Å². The van der Waals surface area contributed by atoms with Gasteiger partial charge in [-0.05, 0) is 29.9 Å². The number of halogens is 1. The van der Waals surface area contributed by atoms with Gasteiger partial charge in [0, 0.05) is 20.1 Å². The standard InChI is InChI=1S/C13H19ClN2/c1-9-6-11(9)8-16(2)13-10(7-15)4-3-5-12(13)14/h3-5,9,11H,6-8,15H2,1-2H3. The Morgan fingerprint density at radius 2 is 2.19 bits per heavy atom. The summed E-state index contributed by atoms with van der Waals surface area (Å²) >= 11 is 6.25. The van der Waals surface area contributed by atoms with Gasteiger partial charge in [-0.3, -0.25) is 0 Å². The van der Waals surface area contributed by atoms with E-state index in [0.29, 0.717) is 6.54 Å². The molecule has 2 rings (SSSR count). The van der Waals surface area contributed by atoms with E-state index in [1.165, 1.54) is 6.42 Å². The monoisotopic (exact) mass is 238 g/mol. The second-order valence-corrected chi connectivity index (χ2v) is 5.21. The molecule has 0 aliphatic heterocycles. The maximum atomic E-state index is 6.25. The number of nitrogens with zero attached hydrogens (tertiary/aromatic N) is 1. The first kappa shape index (κ1) is 11.7. The van der Waals surface area contributed by atoms with Crippen LogP contribution in [0, 0.1) is 11.8 Å². The van der Waals surface area contributed by atoms with E-state index in [1.807, 2.05) is 18.2 Å². The van der Waals surface area contributed by atoms with Crippen molar-refractivity contribution in [2.24, 2.45) is 17.6 Å². The summed E-state index contributed by atoms with van der Waals surface area (Å²) in [7, 11) is 2.10. The summed E-state index contributed by atoms with van der Waals surface area (Å²) < 4.78 is 0. The maximum absolute atomic E-state index is 6.25. The summed E-state index contributed by atoms with van der Waals surface area (Å²) in [6.07, 6.45) is 1.34. The maximum Gasteiger partial charge on any atom is 0.0642 e. The highest BCUT2D eigenvalue weighted by Gasteiger charge is 2.33. The quantitative estimate of drug-likeness (QED) is 0.874. The minimum Gasteiger partial charge on any atom is -0.373 e. The van der Waals surface area contributed by atoms with Crippen molar-refractivity contribution in [2.45, 2.75) is 19.9 Å². The predicted molar refractivity (Wildman–Crippen MR) is 69.9 cm³/mol. The number of hydrogen-bond acceptors (Lipinski definition) is 2. The zero-order valence-corrected chi connectivity index (χ0v) is 10.7. The lowest BCUT2D eigenvalue weighted by Gasteiger charge is -2.23. The second-order valence-electron chi connectivity index (χ2n) is 4.81. The summed E-state index contributed by atoms with van der Waals surface area (Å²) in [6.45, 7) is 3.92. The van der Waals surface area contributed by atoms with Crippen molar-refractivity contribution >= 4 is 17.3 Å². The normalized spacial score (nSPS) is 23.2. The third kappa shape index (κ3) is 2.33. The predicted octanol–water partition coefficient (Wildman–Crippen LogP) is 2.89. The van der Waals surface area contributed by atoms with Crippen molar-refractivity contribution in [1.29, 1.82) is 0 Å². The first-order chi connectivity index (χ1) is 7.63. The van der Waals surface area contributed by atoms with E-state index in [2.05, 4.69) is 18.9 Å². The van der Waals surface area contributed by atoms with Crippen LogP contribution in [0.2, 0.25) is 5.02 Å². The molecule has 0 amide bonds. The third-order valence-corrected chi connectivity index (χ3v) is 3.76. The average Bonchev–Trinajstić information content (AvgIpc) is 2.93. The molecule has 16 heavy (non-hydrogen) atoms. The molecule has 1 aliphatic carbocycles. The number of anilines is 1. The molecular weight excluding hydrogens is 220 g/mol. The van der Waals surface area contributed by atoms with Crippen LogP contribution in [0.3, 0.4) is 0 Å². The first-order valence-corrected chi connectivity index (χ1v) is 6.20. The molecule has 1 aromatic carbocycles. The minimum absolute atomic E-state index is 0.542. The van der Waals surface area contributed by atoms with Gasteiger partial charge < -0.3 is 10.6 Å². The Bertz CT molecular complexity index is 378. The van der Waals surface area contributed by atoms with E-state index >= 15 is 0 Å². The zero-order valence-electron chi connectivity index (χ0n) is 9.91. The molecule has 1 aliphatic rings. The summed E-state index contributed by atoms with van der Waals surface area (Å²) in [5.74, 6) is 1.69. The molecule has 88 valence electrons. The van der Waals surface area contributed by atoms with Crippen LogP contribution in [-0.4, -0.2) is 13.6 Å². The Morgan fingerprint density at radius 1 is 1.50 bits per heavy atom. The van der Waals surface area contributed by atoms with Gasteiger partial charge in [-0.25, -0.2) is 0 Å². The highest BCUT2D eigenvalue weighted by molar-refractivity contribution is 6.33. The molecule has 1 fully saturated rings. The topological polar surface area (TPSA) is 29.3 Å². The van der Waals surface area contributed by atoms with Crippen LogP contribution in [0.15, 0.2) is 18.2 Å². The molecule has 1 aromatic rings. The summed E-state index contributed by atoms with van der Waals surface area (Å²) in [5, 5.41) is 0.804. The molecule has 2 N–H and O–H groups in total. The molecule has 2 unspecified atom stereocenters. The van der Waals surface area contributed by atoms with Crippen LogP contribution >= 0.6 is 11.6 Å². The van der Waals surface area contributed by atoms with E-state index in [1.54, 1.807) is 0 Å². The average molecular weight is 239 g/mol. The lowest BCUT2D eigenvalue weighted by Crippen LogP contribution is -2.22. The number of benzene rings is 1. The Kier molecular flexibility index (Phi) is 3.41. The summed E-state index contributed by atoms with van der Waals surface area (Å²) in [6, 6.07) is 5.94. The molecular formula is C13H19ClN2. The van der Waals surface area contributed by atoms with E-state index in [0.717, 1.165) is 34.7 Å². The van der Waals surface area contributed by atoms with Crippen LogP contribution in [-0.2, 0) is 6.54 Å². The Hall–Kier alpha value is -0.730. The van der Waals surface area contributed by atoms with Gasteiger partial charge in [0.25, 0.3) is 0 Å². The fourth-order valence-electron chi connectivity index (χ4n) is 2.25. The fraction of sp³-hybridized carbons (Fsp3) is 0.538. The Labute approximate surface area is 102 Å². The van der Waals surface area contributed by atoms with Crippen LogP contribution in [0.4, 0.5) is 5.69 Å². The molecule has 2 atom stereocenters. The Balaban J connectivity index is 2.17. The van der Waals surface area contributed by atoms with Gasteiger partial charge in [0.05, 0.1) is 10.7 Å². The highest BCUT2D eigenvalue weighted by Crippen LogP contribution is 2.40. The highest BCUT2D eigenvalue weighted by atomic mass is 35.5. The lowest BCUT2D eigenvalue weighted by atomic mass is 10.1. The molecule has 3 heteroatoms. The van der Waals surface area contributed by atoms with E-state index in [-0.39, 0.29) is 0 Å². The third-order valence-electron chi connectivity index (χ3n) is 3.46. The molecule has 0 saturated heterocycles. The van der Waals surface area contributed by atoms with Gasteiger partial charge in [0.1, 0.15) is 0 Å². The number of hydrogen-bond donors (Lipinski definition) is 1. The molecule has 0 heterocycles. The first-order valence-electron chi connectivity index (χ1n) is 5.82. The van der Waals surface area contributed by atoms with Gasteiger partial charge in [0.15, 0.2) is 0 Å². The van der Waals surface area contributed by atoms with Crippen LogP contribution < -0.4 is 10.6 Å². The summed E-state index contributed by atoms with van der Waals surface area (Å²) in [4.78, 5) is 2.25. The molecule has 0 spiro atoms. The van der Waals surface area contributed by atoms with Crippen molar-refractivity contribution in [1.82, 2.24) is 0 Å². The van der Waals surface area contributed by atoms with Crippen molar-refractivity contribution < 1.29 is 0 Å². The van der Waals surface area contributed by atoms with Crippen molar-refractivity contribution in [2.75, 3.05) is 18.5 Å². The molecule has 1 saturated carbocycles. The van der Waals surface area contributed by atoms with Gasteiger partial charge >= 0.3 is 0 Å². The van der Waals surface area contributed by atoms with Crippen LogP contribution in [0.5, 0.6) is 0 Å². The van der Waals surface area contributed by atoms with Gasteiger partial charge in [-0.1, -0.05) is 30.7 Å². The fourth-order valence-corrected chi connectivity index (χ4v) is 2.59. The minimum atomic E-state index is 0.542. The smallest absolute Gasteiger partial charge is 0.0642 e. The second kappa shape index (κ2) is 4.64. The van der Waals surface area contributed by atoms with Crippen LogP contribution in [0.25, 0.3) is 0 Å². The SMILES string of the molecule is CC1CC1CN(C)c1c(Cl)cccc1CN. The number of rotatable bonds is 4. The van der Waals surface area contributed by atoms with E-state index in [9.17, 15) is 0 Å². The molecule has 2 nitrogen and oxygen atoms in total. The molecule has 0 bridgehead atoms. The summed E-state index contributed by atoms with van der Waals surface area (Å²) in [5.41, 5.74) is 7.98. The van der Waals surface area contributed by atoms with Crippen molar-refractivity contribution in [3.05, 3.63) is 28.8 Å². The van der Waals surface area contributed by atoms with E-state index in [4.69, 9.17) is 17.3 Å². The van der Waals surface area contributed by atoms with Gasteiger partial charge in [0.2, 0.25) is 0 Å². The number of para-hydroxylation sites is 1. The zero-order chi connectivity index (χ0) is 11.7. The molecule has 0 radical (unpaired) electrons. The van der Waals surface area contributed by atoms with Crippen molar-refractivity contribution in [3.63, 3.8) is 0 Å². The largest absolute Gasteiger partial charge is 0.373 e. The van der Waals surface area contributed by atoms with Crippen molar-refractivity contribution in [3.8, 4) is 0 Å². The van der Waals surface area contributed by atoms with E-state index < -0.39 is 0 Å². The number of nitrogens with two attached hydrogens (primary N) is 1. The van der Waals surface area contributed by atoms with Gasteiger partial charge in [-0.15, -0.1) is 0 Å². The lowest BCUT2D eigenvalue weighted by molar-refractivity contribution is 0.723. The van der Waals surface area contributed by atoms with Crippen LogP contribution in [0.1, 0.15) is 18.9 Å². The Morgan fingerprint density at radius 3 is 2.75 bits per heavy atom.